The Morgan fingerprint density at radius 1 is 1.24 bits per heavy atom. The summed E-state index contributed by atoms with van der Waals surface area (Å²) in [5, 5.41) is 0. The van der Waals surface area contributed by atoms with Crippen LogP contribution in [-0.2, 0) is 9.47 Å². The molecule has 3 heterocycles. The van der Waals surface area contributed by atoms with Gasteiger partial charge in [-0.2, -0.15) is 0 Å². The Labute approximate surface area is 171 Å². The van der Waals surface area contributed by atoms with E-state index < -0.39 is 0 Å². The molecule has 0 radical (unpaired) electrons. The summed E-state index contributed by atoms with van der Waals surface area (Å²) >= 11 is 0. The van der Waals surface area contributed by atoms with Crippen LogP contribution in [0.25, 0.3) is 0 Å². The summed E-state index contributed by atoms with van der Waals surface area (Å²) in [5.74, 6) is -0.109. The van der Waals surface area contributed by atoms with Gasteiger partial charge in [0, 0.05) is 25.6 Å². The van der Waals surface area contributed by atoms with Crippen LogP contribution in [0, 0.1) is 11.7 Å². The molecule has 1 aromatic rings. The minimum Gasteiger partial charge on any atom is -0.443 e. The number of amides is 1. The molecule has 2 saturated heterocycles. The molecule has 5 nitrogen and oxygen atoms in total. The summed E-state index contributed by atoms with van der Waals surface area (Å²) in [6, 6.07) is 5.84. The van der Waals surface area contributed by atoms with Gasteiger partial charge in [-0.1, -0.05) is 37.4 Å². The highest BCUT2D eigenvalue weighted by atomic mass is 19.1. The Balaban J connectivity index is 1.60. The molecule has 29 heavy (non-hydrogen) atoms. The molecule has 6 heteroatoms. The van der Waals surface area contributed by atoms with Gasteiger partial charge >= 0.3 is 6.09 Å². The Hall–Kier alpha value is -2.44. The number of nitrogens with zero attached hydrogens (tertiary/aromatic N) is 2. The zero-order valence-electron chi connectivity index (χ0n) is 16.7. The molecule has 4 rings (SSSR count). The molecule has 154 valence electrons. The number of likely N-dealkylation sites (N-methyl/N-ethyl adjacent to an activating group) is 1. The van der Waals surface area contributed by atoms with Crippen molar-refractivity contribution in [1.82, 2.24) is 9.80 Å². The number of carbonyl (C=O) groups is 1. The van der Waals surface area contributed by atoms with Crippen LogP contribution < -0.4 is 0 Å². The first-order chi connectivity index (χ1) is 14.0. The van der Waals surface area contributed by atoms with Crippen LogP contribution in [0.1, 0.15) is 18.0 Å². The van der Waals surface area contributed by atoms with Crippen molar-refractivity contribution < 1.29 is 18.7 Å². The predicted octanol–water partition coefficient (Wildman–Crippen LogP) is 3.71. The van der Waals surface area contributed by atoms with E-state index in [2.05, 4.69) is 18.1 Å². The monoisotopic (exact) mass is 398 g/mol. The quantitative estimate of drug-likeness (QED) is 0.776. The highest BCUT2D eigenvalue weighted by Gasteiger charge is 2.46. The first-order valence-corrected chi connectivity index (χ1v) is 10.0. The highest BCUT2D eigenvalue weighted by Crippen LogP contribution is 2.38. The minimum atomic E-state index is -0.383. The van der Waals surface area contributed by atoms with Gasteiger partial charge < -0.3 is 14.4 Å². The second kappa shape index (κ2) is 8.13. The number of halogens is 1. The zero-order valence-corrected chi connectivity index (χ0v) is 16.7. The van der Waals surface area contributed by atoms with Gasteiger partial charge in [0.15, 0.2) is 0 Å². The third kappa shape index (κ3) is 3.74. The molecule has 1 aromatic carbocycles. The second-order valence-electron chi connectivity index (χ2n) is 7.97. The van der Waals surface area contributed by atoms with Crippen molar-refractivity contribution in [3.63, 3.8) is 0 Å². The molecule has 2 fully saturated rings. The topological polar surface area (TPSA) is 42.0 Å². The fraction of sp³-hybridized carbons (Fsp3) is 0.435. The van der Waals surface area contributed by atoms with Gasteiger partial charge in [0.25, 0.3) is 0 Å². The van der Waals surface area contributed by atoms with Crippen LogP contribution in [-0.4, -0.2) is 61.4 Å². The third-order valence-corrected chi connectivity index (χ3v) is 6.18. The van der Waals surface area contributed by atoms with E-state index in [0.717, 1.165) is 29.8 Å². The number of hydrogen-bond acceptors (Lipinski definition) is 4. The number of benzene rings is 1. The van der Waals surface area contributed by atoms with Crippen molar-refractivity contribution in [2.75, 3.05) is 33.3 Å². The van der Waals surface area contributed by atoms with Crippen molar-refractivity contribution >= 4 is 6.09 Å². The lowest BCUT2D eigenvalue weighted by Crippen LogP contribution is -2.42. The Morgan fingerprint density at radius 2 is 2.00 bits per heavy atom. The molecule has 3 aliphatic rings. The molecule has 0 bridgehead atoms. The van der Waals surface area contributed by atoms with Gasteiger partial charge in [-0.15, -0.1) is 0 Å². The van der Waals surface area contributed by atoms with Gasteiger partial charge in [-0.05, 0) is 42.3 Å². The summed E-state index contributed by atoms with van der Waals surface area (Å²) in [6.45, 7) is 10.5. The molecule has 0 aromatic heterocycles. The first-order valence-electron chi connectivity index (χ1n) is 10.0. The van der Waals surface area contributed by atoms with Crippen LogP contribution in [0.15, 0.2) is 60.7 Å². The van der Waals surface area contributed by atoms with Gasteiger partial charge in [-0.3, -0.25) is 4.90 Å². The first kappa shape index (κ1) is 19.9. The maximum absolute atomic E-state index is 13.5. The van der Waals surface area contributed by atoms with Gasteiger partial charge in [0.05, 0.1) is 18.8 Å². The molecule has 3 aliphatic heterocycles. The maximum Gasteiger partial charge on any atom is 0.410 e. The Bertz CT molecular complexity index is 835. The van der Waals surface area contributed by atoms with E-state index in [9.17, 15) is 9.18 Å². The van der Waals surface area contributed by atoms with Crippen molar-refractivity contribution in [2.24, 2.45) is 5.92 Å². The van der Waals surface area contributed by atoms with Crippen LogP contribution in [0.3, 0.4) is 0 Å². The van der Waals surface area contributed by atoms with Gasteiger partial charge in [-0.25, -0.2) is 9.18 Å². The SMILES string of the molecule is C=CC1=C(C=C)[C@H](c2ccc(F)cc2)N(C(=O)OC2COC3CN(C)C[C@@H]32)CC1. The molecule has 0 spiro atoms. The minimum absolute atomic E-state index is 0.128. The highest BCUT2D eigenvalue weighted by molar-refractivity contribution is 5.70. The lowest BCUT2D eigenvalue weighted by Gasteiger charge is -2.38. The second-order valence-corrected chi connectivity index (χ2v) is 7.97. The molecular weight excluding hydrogens is 371 g/mol. The van der Waals surface area contributed by atoms with E-state index in [1.54, 1.807) is 29.2 Å². The third-order valence-electron chi connectivity index (χ3n) is 6.18. The van der Waals surface area contributed by atoms with E-state index in [1.165, 1.54) is 12.1 Å². The lowest BCUT2D eigenvalue weighted by molar-refractivity contribution is 0.0295. The van der Waals surface area contributed by atoms with Crippen LogP contribution in [0.2, 0.25) is 0 Å². The summed E-state index contributed by atoms with van der Waals surface area (Å²) in [7, 11) is 2.05. The predicted molar refractivity (Wildman–Crippen MR) is 109 cm³/mol. The van der Waals surface area contributed by atoms with Gasteiger partial charge in [0.1, 0.15) is 11.9 Å². The zero-order chi connectivity index (χ0) is 20.5. The fourth-order valence-corrected chi connectivity index (χ4v) is 4.71. The van der Waals surface area contributed by atoms with E-state index in [-0.39, 0.29) is 36.1 Å². The fourth-order valence-electron chi connectivity index (χ4n) is 4.71. The number of ether oxygens (including phenoxy) is 2. The summed E-state index contributed by atoms with van der Waals surface area (Å²) in [5.41, 5.74) is 2.76. The number of carbonyl (C=O) groups excluding carboxylic acids is 1. The molecule has 2 unspecified atom stereocenters. The molecular formula is C23H27FN2O3. The van der Waals surface area contributed by atoms with E-state index in [4.69, 9.17) is 9.47 Å². The van der Waals surface area contributed by atoms with Crippen molar-refractivity contribution in [1.29, 1.82) is 0 Å². The van der Waals surface area contributed by atoms with Crippen molar-refractivity contribution in [3.05, 3.63) is 72.1 Å². The Kier molecular flexibility index (Phi) is 5.56. The number of allylic oxidation sites excluding steroid dienone is 1. The average molecular weight is 398 g/mol. The smallest absolute Gasteiger partial charge is 0.410 e. The number of fused-ring (bicyclic) bond motifs is 1. The molecule has 0 saturated carbocycles. The number of hydrogen-bond donors (Lipinski definition) is 0. The maximum atomic E-state index is 13.5. The molecule has 0 N–H and O–H groups in total. The van der Waals surface area contributed by atoms with Crippen molar-refractivity contribution in [3.8, 4) is 0 Å². The summed E-state index contributed by atoms with van der Waals surface area (Å²) in [6.07, 6.45) is 3.75. The number of likely N-dealkylation sites (tertiary alicyclic amines) is 1. The van der Waals surface area contributed by atoms with E-state index in [0.29, 0.717) is 19.6 Å². The molecule has 0 aliphatic carbocycles. The standard InChI is InChI=1S/C23H27FN2O3/c1-4-15-10-11-26(22(18(15)5-2)16-6-8-17(24)9-7-16)23(27)29-21-14-28-20-13-25(3)12-19(20)21/h4-9,19-22H,1-2,10-14H2,3H3/t19-,20?,21?,22-/m0/s1. The van der Waals surface area contributed by atoms with Crippen LogP contribution in [0.4, 0.5) is 9.18 Å². The molecule has 4 atom stereocenters. The van der Waals surface area contributed by atoms with Gasteiger partial charge in [0.2, 0.25) is 0 Å². The molecule has 1 amide bonds. The average Bonchev–Trinajstić information content (AvgIpc) is 3.27. The lowest BCUT2D eigenvalue weighted by atomic mass is 9.88. The van der Waals surface area contributed by atoms with Crippen LogP contribution >= 0.6 is 0 Å². The summed E-state index contributed by atoms with van der Waals surface area (Å²) < 4.78 is 25.2. The Morgan fingerprint density at radius 3 is 2.69 bits per heavy atom. The number of rotatable bonds is 4. The summed E-state index contributed by atoms with van der Waals surface area (Å²) in [4.78, 5) is 17.1. The largest absolute Gasteiger partial charge is 0.443 e. The van der Waals surface area contributed by atoms with Crippen LogP contribution in [0.5, 0.6) is 0 Å². The van der Waals surface area contributed by atoms with Crippen molar-refractivity contribution in [2.45, 2.75) is 24.7 Å². The van der Waals surface area contributed by atoms with E-state index >= 15 is 0 Å². The normalized spacial score (nSPS) is 29.7. The van der Waals surface area contributed by atoms with E-state index in [1.807, 2.05) is 7.05 Å².